The highest BCUT2D eigenvalue weighted by atomic mass is 16.5. The van der Waals surface area contributed by atoms with Crippen LogP contribution in [0.25, 0.3) is 0 Å². The van der Waals surface area contributed by atoms with Gasteiger partial charge >= 0.3 is 0 Å². The monoisotopic (exact) mass is 229 g/mol. The molecule has 2 rings (SSSR count). The van der Waals surface area contributed by atoms with Crippen LogP contribution < -0.4 is 4.74 Å². The number of benzene rings is 1. The van der Waals surface area contributed by atoms with E-state index in [4.69, 9.17) is 9.84 Å². The fourth-order valence-electron chi connectivity index (χ4n) is 1.72. The lowest BCUT2D eigenvalue weighted by Crippen LogP contribution is -1.91. The Morgan fingerprint density at radius 1 is 1.12 bits per heavy atom. The number of aromatic nitrogens is 1. The van der Waals surface area contributed by atoms with Gasteiger partial charge in [0.1, 0.15) is 5.75 Å². The van der Waals surface area contributed by atoms with E-state index in [2.05, 4.69) is 11.1 Å². The van der Waals surface area contributed by atoms with Crippen LogP contribution in [0.15, 0.2) is 36.5 Å². The fourth-order valence-corrected chi connectivity index (χ4v) is 1.72. The number of aliphatic hydroxyl groups is 1. The summed E-state index contributed by atoms with van der Waals surface area (Å²) < 4.78 is 5.66. The van der Waals surface area contributed by atoms with Gasteiger partial charge in [0.15, 0.2) is 0 Å². The highest BCUT2D eigenvalue weighted by Gasteiger charge is 2.01. The van der Waals surface area contributed by atoms with Crippen molar-refractivity contribution in [1.29, 1.82) is 0 Å². The molecule has 0 saturated carbocycles. The lowest BCUT2D eigenvalue weighted by molar-refractivity contribution is 0.281. The first-order valence-electron chi connectivity index (χ1n) is 5.49. The van der Waals surface area contributed by atoms with Gasteiger partial charge in [-0.3, -0.25) is 0 Å². The van der Waals surface area contributed by atoms with Crippen molar-refractivity contribution in [2.45, 2.75) is 20.5 Å². The lowest BCUT2D eigenvalue weighted by Gasteiger charge is -2.07. The van der Waals surface area contributed by atoms with E-state index in [1.807, 2.05) is 26.0 Å². The summed E-state index contributed by atoms with van der Waals surface area (Å²) >= 11 is 0. The van der Waals surface area contributed by atoms with Crippen molar-refractivity contribution >= 4 is 0 Å². The molecule has 0 amide bonds. The van der Waals surface area contributed by atoms with Crippen molar-refractivity contribution in [3.8, 4) is 11.6 Å². The molecule has 2 aromatic rings. The Hall–Kier alpha value is -1.87. The Morgan fingerprint density at radius 2 is 1.82 bits per heavy atom. The van der Waals surface area contributed by atoms with E-state index < -0.39 is 0 Å². The molecule has 0 unspecified atom stereocenters. The summed E-state index contributed by atoms with van der Waals surface area (Å²) in [5, 5.41) is 9.03. The van der Waals surface area contributed by atoms with Gasteiger partial charge in [0.2, 0.25) is 5.88 Å². The third kappa shape index (κ3) is 3.04. The summed E-state index contributed by atoms with van der Waals surface area (Å²) in [6, 6.07) is 9.50. The van der Waals surface area contributed by atoms with Gasteiger partial charge in [-0.05, 0) is 48.7 Å². The molecular formula is C14H15NO2. The number of pyridine rings is 1. The molecule has 1 heterocycles. The second kappa shape index (κ2) is 4.97. The average molecular weight is 229 g/mol. The van der Waals surface area contributed by atoms with Gasteiger partial charge in [-0.1, -0.05) is 6.07 Å². The number of ether oxygens (including phenoxy) is 1. The first kappa shape index (κ1) is 11.6. The van der Waals surface area contributed by atoms with Crippen LogP contribution in [0.4, 0.5) is 0 Å². The van der Waals surface area contributed by atoms with E-state index in [0.717, 1.165) is 22.4 Å². The average Bonchev–Trinajstić information content (AvgIpc) is 2.28. The molecule has 1 aromatic heterocycles. The zero-order valence-electron chi connectivity index (χ0n) is 9.97. The molecule has 3 nitrogen and oxygen atoms in total. The second-order valence-electron chi connectivity index (χ2n) is 4.09. The molecule has 1 N–H and O–H groups in total. The second-order valence-corrected chi connectivity index (χ2v) is 4.09. The van der Waals surface area contributed by atoms with Crippen molar-refractivity contribution in [2.75, 3.05) is 0 Å². The molecular weight excluding hydrogens is 214 g/mol. The van der Waals surface area contributed by atoms with Gasteiger partial charge < -0.3 is 9.84 Å². The zero-order valence-corrected chi connectivity index (χ0v) is 9.97. The standard InChI is InChI=1S/C14H15NO2/c1-10-5-11(2)7-13(6-10)17-14-8-12(9-16)3-4-15-14/h3-8,16H,9H2,1-2H3. The van der Waals surface area contributed by atoms with Gasteiger partial charge in [0, 0.05) is 12.3 Å². The third-order valence-corrected chi connectivity index (χ3v) is 2.40. The Morgan fingerprint density at radius 3 is 2.47 bits per heavy atom. The van der Waals surface area contributed by atoms with E-state index in [-0.39, 0.29) is 6.61 Å². The van der Waals surface area contributed by atoms with E-state index in [9.17, 15) is 0 Å². The Kier molecular flexibility index (Phi) is 3.40. The SMILES string of the molecule is Cc1cc(C)cc(Oc2cc(CO)ccn2)c1. The number of nitrogens with zero attached hydrogens (tertiary/aromatic N) is 1. The van der Waals surface area contributed by atoms with Gasteiger partial charge in [0.05, 0.1) is 6.61 Å². The van der Waals surface area contributed by atoms with Crippen molar-refractivity contribution in [3.63, 3.8) is 0 Å². The summed E-state index contributed by atoms with van der Waals surface area (Å²) in [7, 11) is 0. The summed E-state index contributed by atoms with van der Waals surface area (Å²) in [4.78, 5) is 4.11. The molecule has 0 aliphatic heterocycles. The predicted octanol–water partition coefficient (Wildman–Crippen LogP) is 2.98. The normalized spacial score (nSPS) is 10.3. The van der Waals surface area contributed by atoms with Crippen LogP contribution in [0, 0.1) is 13.8 Å². The quantitative estimate of drug-likeness (QED) is 0.879. The van der Waals surface area contributed by atoms with Crippen LogP contribution in [-0.2, 0) is 6.61 Å². The molecule has 0 radical (unpaired) electrons. The summed E-state index contributed by atoms with van der Waals surface area (Å²) in [6.45, 7) is 4.04. The molecule has 0 saturated heterocycles. The smallest absolute Gasteiger partial charge is 0.219 e. The topological polar surface area (TPSA) is 42.4 Å². The van der Waals surface area contributed by atoms with Crippen molar-refractivity contribution in [3.05, 3.63) is 53.2 Å². The van der Waals surface area contributed by atoms with Gasteiger partial charge in [-0.2, -0.15) is 0 Å². The van der Waals surface area contributed by atoms with Crippen LogP contribution in [0.1, 0.15) is 16.7 Å². The highest BCUT2D eigenvalue weighted by Crippen LogP contribution is 2.22. The molecule has 0 atom stereocenters. The predicted molar refractivity (Wildman–Crippen MR) is 66.1 cm³/mol. The highest BCUT2D eigenvalue weighted by molar-refractivity contribution is 5.35. The van der Waals surface area contributed by atoms with E-state index in [1.54, 1.807) is 18.3 Å². The van der Waals surface area contributed by atoms with Crippen LogP contribution in [0.3, 0.4) is 0 Å². The first-order valence-corrected chi connectivity index (χ1v) is 5.49. The molecule has 0 aliphatic rings. The van der Waals surface area contributed by atoms with Crippen LogP contribution >= 0.6 is 0 Å². The molecule has 0 bridgehead atoms. The molecule has 17 heavy (non-hydrogen) atoms. The number of aryl methyl sites for hydroxylation is 2. The maximum Gasteiger partial charge on any atom is 0.219 e. The zero-order chi connectivity index (χ0) is 12.3. The van der Waals surface area contributed by atoms with Crippen LogP contribution in [0.5, 0.6) is 11.6 Å². The molecule has 1 aromatic carbocycles. The summed E-state index contributed by atoms with van der Waals surface area (Å²) in [6.07, 6.45) is 1.63. The third-order valence-electron chi connectivity index (χ3n) is 2.40. The molecule has 88 valence electrons. The van der Waals surface area contributed by atoms with Crippen molar-refractivity contribution in [1.82, 2.24) is 4.98 Å². The minimum atomic E-state index is -0.00821. The Bertz CT molecular complexity index is 503. The van der Waals surface area contributed by atoms with Crippen molar-refractivity contribution in [2.24, 2.45) is 0 Å². The number of aliphatic hydroxyl groups excluding tert-OH is 1. The van der Waals surface area contributed by atoms with Gasteiger partial charge in [0.25, 0.3) is 0 Å². The number of hydrogen-bond acceptors (Lipinski definition) is 3. The number of hydrogen-bond donors (Lipinski definition) is 1. The minimum Gasteiger partial charge on any atom is -0.439 e. The Labute approximate surface area is 101 Å². The fraction of sp³-hybridized carbons (Fsp3) is 0.214. The van der Waals surface area contributed by atoms with Crippen molar-refractivity contribution < 1.29 is 9.84 Å². The van der Waals surface area contributed by atoms with Crippen LogP contribution in [0.2, 0.25) is 0 Å². The summed E-state index contributed by atoms with van der Waals surface area (Å²) in [5.74, 6) is 1.27. The van der Waals surface area contributed by atoms with Gasteiger partial charge in [-0.25, -0.2) is 4.98 Å². The lowest BCUT2D eigenvalue weighted by atomic mass is 10.1. The van der Waals surface area contributed by atoms with Gasteiger partial charge in [-0.15, -0.1) is 0 Å². The van der Waals surface area contributed by atoms with E-state index in [1.165, 1.54) is 0 Å². The maximum absolute atomic E-state index is 9.03. The molecule has 0 aliphatic carbocycles. The molecule has 0 fully saturated rings. The van der Waals surface area contributed by atoms with Crippen LogP contribution in [-0.4, -0.2) is 10.1 Å². The summed E-state index contributed by atoms with van der Waals surface area (Å²) in [5.41, 5.74) is 3.09. The minimum absolute atomic E-state index is 0.00821. The first-order chi connectivity index (χ1) is 8.17. The van der Waals surface area contributed by atoms with E-state index in [0.29, 0.717) is 5.88 Å². The Balaban J connectivity index is 2.24. The molecule has 0 spiro atoms. The largest absolute Gasteiger partial charge is 0.439 e. The molecule has 3 heteroatoms. The maximum atomic E-state index is 9.03. The number of rotatable bonds is 3. The van der Waals surface area contributed by atoms with E-state index >= 15 is 0 Å².